The van der Waals surface area contributed by atoms with E-state index in [1.54, 1.807) is 13.0 Å². The maximum atomic E-state index is 11.8. The summed E-state index contributed by atoms with van der Waals surface area (Å²) in [5.41, 5.74) is 0.609. The molecule has 1 aliphatic rings. The third kappa shape index (κ3) is 2.51. The topological polar surface area (TPSA) is 95.5 Å². The number of amides is 2. The number of hydrogen-bond donors (Lipinski definition) is 3. The summed E-state index contributed by atoms with van der Waals surface area (Å²) < 4.78 is 0. The van der Waals surface area contributed by atoms with Crippen molar-refractivity contribution in [1.29, 1.82) is 0 Å². The van der Waals surface area contributed by atoms with Crippen molar-refractivity contribution >= 4 is 34.1 Å². The normalized spacial score (nSPS) is 18.5. The summed E-state index contributed by atoms with van der Waals surface area (Å²) in [6, 6.07) is 1.09. The van der Waals surface area contributed by atoms with Gasteiger partial charge in [0.25, 0.3) is 0 Å². The highest BCUT2D eigenvalue weighted by Crippen LogP contribution is 2.27. The third-order valence-corrected chi connectivity index (χ3v) is 3.81. The second-order valence-corrected chi connectivity index (χ2v) is 5.13. The molecule has 2 rings (SSSR count). The number of hydrogen-bond acceptors (Lipinski definition) is 4. The average Bonchev–Trinajstić information content (AvgIpc) is 2.85. The van der Waals surface area contributed by atoms with Gasteiger partial charge in [-0.05, 0) is 25.0 Å². The summed E-state index contributed by atoms with van der Waals surface area (Å²) in [5, 5.41) is 14.6. The highest BCUT2D eigenvalue weighted by atomic mass is 32.1. The second kappa shape index (κ2) is 4.77. The number of carboxylic acids is 1. The van der Waals surface area contributed by atoms with Gasteiger partial charge in [-0.15, -0.1) is 11.3 Å². The maximum Gasteiger partial charge on any atom is 0.346 e. The van der Waals surface area contributed by atoms with Crippen molar-refractivity contribution in [1.82, 2.24) is 5.32 Å². The Morgan fingerprint density at radius 1 is 1.56 bits per heavy atom. The van der Waals surface area contributed by atoms with Gasteiger partial charge in [0.1, 0.15) is 10.9 Å². The first-order valence-corrected chi connectivity index (χ1v) is 6.23. The Balaban J connectivity index is 2.05. The number of anilines is 1. The molecule has 1 atom stereocenters. The number of rotatable bonds is 3. The van der Waals surface area contributed by atoms with Gasteiger partial charge in [-0.25, -0.2) is 4.79 Å². The monoisotopic (exact) mass is 268 g/mol. The largest absolute Gasteiger partial charge is 0.477 e. The summed E-state index contributed by atoms with van der Waals surface area (Å²) >= 11 is 1.01. The number of carbonyl (C=O) groups is 3. The molecule has 0 aromatic carbocycles. The highest BCUT2D eigenvalue weighted by molar-refractivity contribution is 7.18. The molecule has 0 saturated carbocycles. The standard InChI is InChI=1S/C11H12N2O4S/c1-5-4-8(18-9(5)11(16)17)13-10(15)6-2-3-7(14)12-6/h4,6H,2-3H2,1H3,(H,12,14)(H,13,15)(H,16,17)/t6-/m0/s1. The van der Waals surface area contributed by atoms with Crippen LogP contribution in [0, 0.1) is 6.92 Å². The van der Waals surface area contributed by atoms with E-state index < -0.39 is 12.0 Å². The zero-order valence-electron chi connectivity index (χ0n) is 9.65. The smallest absolute Gasteiger partial charge is 0.346 e. The second-order valence-electron chi connectivity index (χ2n) is 4.08. The van der Waals surface area contributed by atoms with Crippen LogP contribution in [0.3, 0.4) is 0 Å². The molecule has 0 aliphatic carbocycles. The fourth-order valence-corrected chi connectivity index (χ4v) is 2.69. The molecule has 3 N–H and O–H groups in total. The zero-order valence-corrected chi connectivity index (χ0v) is 10.5. The summed E-state index contributed by atoms with van der Waals surface area (Å²) in [7, 11) is 0. The third-order valence-electron chi connectivity index (χ3n) is 2.67. The van der Waals surface area contributed by atoms with E-state index in [0.29, 0.717) is 23.4 Å². The molecule has 7 heteroatoms. The van der Waals surface area contributed by atoms with Crippen molar-refractivity contribution in [2.24, 2.45) is 0 Å². The number of nitrogens with one attached hydrogen (secondary N) is 2. The summed E-state index contributed by atoms with van der Waals surface area (Å²) in [4.78, 5) is 33.8. The first-order chi connectivity index (χ1) is 8.47. The molecular formula is C11H12N2O4S. The summed E-state index contributed by atoms with van der Waals surface area (Å²) in [6.07, 6.45) is 0.822. The van der Waals surface area contributed by atoms with Crippen molar-refractivity contribution < 1.29 is 19.5 Å². The Labute approximate surface area is 107 Å². The van der Waals surface area contributed by atoms with Gasteiger partial charge in [0.2, 0.25) is 11.8 Å². The van der Waals surface area contributed by atoms with Gasteiger partial charge in [0, 0.05) is 6.42 Å². The van der Waals surface area contributed by atoms with Crippen LogP contribution in [-0.4, -0.2) is 28.9 Å². The predicted octanol–water partition coefficient (Wildman–Crippen LogP) is 0.972. The van der Waals surface area contributed by atoms with E-state index in [2.05, 4.69) is 10.6 Å². The van der Waals surface area contributed by atoms with Gasteiger partial charge in [0.15, 0.2) is 0 Å². The minimum Gasteiger partial charge on any atom is -0.477 e. The molecule has 0 spiro atoms. The Morgan fingerprint density at radius 3 is 2.78 bits per heavy atom. The van der Waals surface area contributed by atoms with Gasteiger partial charge in [-0.2, -0.15) is 0 Å². The number of aryl methyl sites for hydroxylation is 1. The molecule has 1 aromatic rings. The van der Waals surface area contributed by atoms with Crippen molar-refractivity contribution in [3.05, 3.63) is 16.5 Å². The van der Waals surface area contributed by atoms with Gasteiger partial charge < -0.3 is 15.7 Å². The van der Waals surface area contributed by atoms with Crippen LogP contribution < -0.4 is 10.6 Å². The first kappa shape index (κ1) is 12.6. The van der Waals surface area contributed by atoms with E-state index >= 15 is 0 Å². The van der Waals surface area contributed by atoms with Crippen LogP contribution in [0.1, 0.15) is 28.1 Å². The molecular weight excluding hydrogens is 256 g/mol. The average molecular weight is 268 g/mol. The Bertz CT molecular complexity index is 523. The molecule has 2 amide bonds. The van der Waals surface area contributed by atoms with E-state index in [0.717, 1.165) is 11.3 Å². The molecule has 1 fully saturated rings. The molecule has 18 heavy (non-hydrogen) atoms. The lowest BCUT2D eigenvalue weighted by Crippen LogP contribution is -2.37. The quantitative estimate of drug-likeness (QED) is 0.761. The van der Waals surface area contributed by atoms with Crippen LogP contribution in [0.2, 0.25) is 0 Å². The van der Waals surface area contributed by atoms with Crippen molar-refractivity contribution in [3.8, 4) is 0 Å². The zero-order chi connectivity index (χ0) is 13.3. The first-order valence-electron chi connectivity index (χ1n) is 5.41. The fraction of sp³-hybridized carbons (Fsp3) is 0.364. The lowest BCUT2D eigenvalue weighted by molar-refractivity contribution is -0.122. The van der Waals surface area contributed by atoms with Crippen LogP contribution in [0.15, 0.2) is 6.07 Å². The Kier molecular flexibility index (Phi) is 3.33. The van der Waals surface area contributed by atoms with E-state index in [1.165, 1.54) is 0 Å². The lowest BCUT2D eigenvalue weighted by Gasteiger charge is -2.08. The fourth-order valence-electron chi connectivity index (χ4n) is 1.78. The van der Waals surface area contributed by atoms with E-state index in [9.17, 15) is 14.4 Å². The molecule has 1 aromatic heterocycles. The minimum absolute atomic E-state index is 0.135. The van der Waals surface area contributed by atoms with Gasteiger partial charge in [0.05, 0.1) is 5.00 Å². The highest BCUT2D eigenvalue weighted by Gasteiger charge is 2.27. The Morgan fingerprint density at radius 2 is 2.28 bits per heavy atom. The van der Waals surface area contributed by atoms with E-state index in [4.69, 9.17) is 5.11 Å². The number of carboxylic acid groups (broad SMARTS) is 1. The lowest BCUT2D eigenvalue weighted by atomic mass is 10.2. The molecule has 1 saturated heterocycles. The van der Waals surface area contributed by atoms with Gasteiger partial charge >= 0.3 is 5.97 Å². The van der Waals surface area contributed by atoms with Gasteiger partial charge in [-0.1, -0.05) is 0 Å². The van der Waals surface area contributed by atoms with Crippen molar-refractivity contribution in [2.45, 2.75) is 25.8 Å². The number of thiophene rings is 1. The summed E-state index contributed by atoms with van der Waals surface area (Å²) in [5.74, 6) is -1.45. The molecule has 0 radical (unpaired) electrons. The van der Waals surface area contributed by atoms with Crippen molar-refractivity contribution in [2.75, 3.05) is 5.32 Å². The molecule has 0 unspecified atom stereocenters. The molecule has 96 valence electrons. The minimum atomic E-state index is -1.01. The molecule has 2 heterocycles. The van der Waals surface area contributed by atoms with Crippen LogP contribution in [0.5, 0.6) is 0 Å². The Hall–Kier alpha value is -1.89. The van der Waals surface area contributed by atoms with Crippen LogP contribution in [0.25, 0.3) is 0 Å². The predicted molar refractivity (Wildman–Crippen MR) is 65.8 cm³/mol. The number of aromatic carboxylic acids is 1. The SMILES string of the molecule is Cc1cc(NC(=O)[C@@H]2CCC(=O)N2)sc1C(=O)O. The molecule has 0 bridgehead atoms. The van der Waals surface area contributed by atoms with Crippen LogP contribution >= 0.6 is 11.3 Å². The van der Waals surface area contributed by atoms with Crippen LogP contribution in [0.4, 0.5) is 5.00 Å². The molecule has 1 aliphatic heterocycles. The van der Waals surface area contributed by atoms with Gasteiger partial charge in [-0.3, -0.25) is 9.59 Å². The number of carbonyl (C=O) groups excluding carboxylic acids is 2. The maximum absolute atomic E-state index is 11.8. The van der Waals surface area contributed by atoms with Crippen molar-refractivity contribution in [3.63, 3.8) is 0 Å². The summed E-state index contributed by atoms with van der Waals surface area (Å²) in [6.45, 7) is 1.67. The molecule has 6 nitrogen and oxygen atoms in total. The van der Waals surface area contributed by atoms with Crippen LogP contribution in [-0.2, 0) is 9.59 Å². The van der Waals surface area contributed by atoms with E-state index in [-0.39, 0.29) is 16.7 Å². The van der Waals surface area contributed by atoms with E-state index in [1.807, 2.05) is 0 Å².